The van der Waals surface area contributed by atoms with Crippen LogP contribution < -0.4 is 5.32 Å². The number of hydrogen-bond donors (Lipinski definition) is 1. The zero-order chi connectivity index (χ0) is 13.7. The van der Waals surface area contributed by atoms with E-state index < -0.39 is 0 Å². The van der Waals surface area contributed by atoms with Crippen molar-refractivity contribution >= 4 is 0 Å². The first-order chi connectivity index (χ1) is 9.24. The summed E-state index contributed by atoms with van der Waals surface area (Å²) in [6.45, 7) is 11.2. The highest BCUT2D eigenvalue weighted by atomic mass is 15.1. The van der Waals surface area contributed by atoms with Gasteiger partial charge < -0.3 is 10.2 Å². The lowest BCUT2D eigenvalue weighted by Crippen LogP contribution is -2.33. The van der Waals surface area contributed by atoms with Gasteiger partial charge in [-0.05, 0) is 56.0 Å². The highest BCUT2D eigenvalue weighted by Crippen LogP contribution is 2.25. The van der Waals surface area contributed by atoms with Crippen LogP contribution in [-0.2, 0) is 12.8 Å². The summed E-state index contributed by atoms with van der Waals surface area (Å²) in [6, 6.07) is 7.51. The second-order valence-corrected chi connectivity index (χ2v) is 5.58. The van der Waals surface area contributed by atoms with Gasteiger partial charge in [0.1, 0.15) is 0 Å². The smallest absolute Gasteiger partial charge is 0.0292 e. The van der Waals surface area contributed by atoms with Gasteiger partial charge in [-0.15, -0.1) is 0 Å². The summed E-state index contributed by atoms with van der Waals surface area (Å²) in [6.07, 6.45) is 3.89. The second-order valence-electron chi connectivity index (χ2n) is 5.58. The number of hydrogen-bond acceptors (Lipinski definition) is 2. The van der Waals surface area contributed by atoms with Crippen LogP contribution in [0, 0.1) is 0 Å². The maximum atomic E-state index is 3.65. The molecular formula is C17H28N2. The van der Waals surface area contributed by atoms with E-state index in [-0.39, 0.29) is 0 Å². The van der Waals surface area contributed by atoms with Gasteiger partial charge in [0.15, 0.2) is 0 Å². The van der Waals surface area contributed by atoms with Crippen LogP contribution in [0.15, 0.2) is 18.2 Å². The van der Waals surface area contributed by atoms with Gasteiger partial charge in [-0.3, -0.25) is 0 Å². The third kappa shape index (κ3) is 3.80. The van der Waals surface area contributed by atoms with Gasteiger partial charge in [0.05, 0.1) is 0 Å². The zero-order valence-electron chi connectivity index (χ0n) is 12.7. The minimum Gasteiger partial charge on any atom is -0.309 e. The Labute approximate surface area is 118 Å². The Morgan fingerprint density at radius 1 is 1.16 bits per heavy atom. The molecule has 0 spiro atoms. The largest absolute Gasteiger partial charge is 0.309 e. The topological polar surface area (TPSA) is 15.3 Å². The van der Waals surface area contributed by atoms with Crippen molar-refractivity contribution in [2.24, 2.45) is 0 Å². The Balaban J connectivity index is 1.84. The molecule has 1 atom stereocenters. The summed E-state index contributed by atoms with van der Waals surface area (Å²) in [5.74, 6) is 0. The van der Waals surface area contributed by atoms with Crippen LogP contribution in [0.1, 0.15) is 49.9 Å². The summed E-state index contributed by atoms with van der Waals surface area (Å²) in [4.78, 5) is 2.46. The third-order valence-corrected chi connectivity index (χ3v) is 4.40. The van der Waals surface area contributed by atoms with Crippen molar-refractivity contribution in [1.29, 1.82) is 0 Å². The summed E-state index contributed by atoms with van der Waals surface area (Å²) in [7, 11) is 0. The number of nitrogens with zero attached hydrogens (tertiary/aromatic N) is 1. The number of nitrogens with one attached hydrogen (secondary N) is 1. The van der Waals surface area contributed by atoms with Gasteiger partial charge in [-0.2, -0.15) is 0 Å². The molecule has 0 radical (unpaired) electrons. The molecule has 0 amide bonds. The van der Waals surface area contributed by atoms with E-state index in [1.54, 1.807) is 11.1 Å². The summed E-state index contributed by atoms with van der Waals surface area (Å²) < 4.78 is 0. The first kappa shape index (κ1) is 14.5. The third-order valence-electron chi connectivity index (χ3n) is 4.40. The lowest BCUT2D eigenvalue weighted by molar-refractivity contribution is 0.298. The van der Waals surface area contributed by atoms with Gasteiger partial charge in [0.25, 0.3) is 0 Å². The summed E-state index contributed by atoms with van der Waals surface area (Å²) in [5.41, 5.74) is 4.59. The molecule has 1 aliphatic rings. The standard InChI is InChI=1S/C17H28N2/c1-4-19(5-2)12-11-18-14(3)16-10-9-15-7-6-8-17(15)13-16/h9-10,13-14,18H,4-8,11-12H2,1-3H3. The Morgan fingerprint density at radius 3 is 2.63 bits per heavy atom. The van der Waals surface area contributed by atoms with Crippen molar-refractivity contribution in [2.45, 2.75) is 46.1 Å². The number of rotatable bonds is 7. The molecule has 2 nitrogen and oxygen atoms in total. The zero-order valence-corrected chi connectivity index (χ0v) is 12.7. The van der Waals surface area contributed by atoms with Crippen molar-refractivity contribution in [3.8, 4) is 0 Å². The van der Waals surface area contributed by atoms with Crippen LogP contribution in [-0.4, -0.2) is 31.1 Å². The molecule has 2 rings (SSSR count). The van der Waals surface area contributed by atoms with Crippen LogP contribution in [0.5, 0.6) is 0 Å². The fraction of sp³-hybridized carbons (Fsp3) is 0.647. The van der Waals surface area contributed by atoms with Crippen molar-refractivity contribution < 1.29 is 0 Å². The molecule has 1 aliphatic carbocycles. The Kier molecular flexibility index (Phi) is 5.41. The van der Waals surface area contributed by atoms with Crippen molar-refractivity contribution in [3.05, 3.63) is 34.9 Å². The first-order valence-corrected chi connectivity index (χ1v) is 7.82. The molecule has 2 heteroatoms. The quantitative estimate of drug-likeness (QED) is 0.810. The van der Waals surface area contributed by atoms with Crippen molar-refractivity contribution in [3.63, 3.8) is 0 Å². The van der Waals surface area contributed by atoms with Crippen LogP contribution in [0.3, 0.4) is 0 Å². The van der Waals surface area contributed by atoms with Gasteiger partial charge >= 0.3 is 0 Å². The fourth-order valence-corrected chi connectivity index (χ4v) is 2.96. The van der Waals surface area contributed by atoms with E-state index in [2.05, 4.69) is 49.2 Å². The van der Waals surface area contributed by atoms with Crippen LogP contribution in [0.4, 0.5) is 0 Å². The van der Waals surface area contributed by atoms with E-state index in [0.717, 1.165) is 26.2 Å². The molecule has 0 saturated carbocycles. The maximum absolute atomic E-state index is 3.65. The van der Waals surface area contributed by atoms with E-state index in [4.69, 9.17) is 0 Å². The monoisotopic (exact) mass is 260 g/mol. The molecule has 0 aromatic heterocycles. The normalized spacial score (nSPS) is 15.8. The highest BCUT2D eigenvalue weighted by Gasteiger charge is 2.13. The summed E-state index contributed by atoms with van der Waals surface area (Å²) >= 11 is 0. The molecule has 1 unspecified atom stereocenters. The maximum Gasteiger partial charge on any atom is 0.0292 e. The first-order valence-electron chi connectivity index (χ1n) is 7.82. The van der Waals surface area contributed by atoms with E-state index in [9.17, 15) is 0 Å². The molecule has 0 saturated heterocycles. The SMILES string of the molecule is CCN(CC)CCNC(C)c1ccc2c(c1)CCC2. The Morgan fingerprint density at radius 2 is 1.89 bits per heavy atom. The Hall–Kier alpha value is -0.860. The number of likely N-dealkylation sites (N-methyl/N-ethyl adjacent to an activating group) is 1. The number of aryl methyl sites for hydroxylation is 2. The number of benzene rings is 1. The minimum absolute atomic E-state index is 0.460. The molecule has 1 aromatic carbocycles. The van der Waals surface area contributed by atoms with Gasteiger partial charge in [0.2, 0.25) is 0 Å². The van der Waals surface area contributed by atoms with Gasteiger partial charge in [0, 0.05) is 19.1 Å². The molecule has 0 aliphatic heterocycles. The molecule has 106 valence electrons. The number of fused-ring (bicyclic) bond motifs is 1. The molecule has 19 heavy (non-hydrogen) atoms. The summed E-state index contributed by atoms with van der Waals surface area (Å²) in [5, 5.41) is 3.65. The predicted molar refractivity (Wildman–Crippen MR) is 82.7 cm³/mol. The molecule has 0 fully saturated rings. The van der Waals surface area contributed by atoms with Gasteiger partial charge in [-0.25, -0.2) is 0 Å². The van der Waals surface area contributed by atoms with E-state index in [1.807, 2.05) is 0 Å². The fourth-order valence-electron chi connectivity index (χ4n) is 2.96. The van der Waals surface area contributed by atoms with Crippen LogP contribution in [0.2, 0.25) is 0 Å². The molecule has 0 heterocycles. The lowest BCUT2D eigenvalue weighted by Gasteiger charge is -2.21. The van der Waals surface area contributed by atoms with Crippen molar-refractivity contribution in [1.82, 2.24) is 10.2 Å². The van der Waals surface area contributed by atoms with Crippen LogP contribution >= 0.6 is 0 Å². The van der Waals surface area contributed by atoms with Crippen molar-refractivity contribution in [2.75, 3.05) is 26.2 Å². The second kappa shape index (κ2) is 7.06. The van der Waals surface area contributed by atoms with E-state index in [1.165, 1.54) is 24.8 Å². The average molecular weight is 260 g/mol. The lowest BCUT2D eigenvalue weighted by atomic mass is 10.0. The molecule has 1 aromatic rings. The van der Waals surface area contributed by atoms with E-state index in [0.29, 0.717) is 6.04 Å². The molecular weight excluding hydrogens is 232 g/mol. The Bertz CT molecular complexity index is 396. The molecule has 0 bridgehead atoms. The van der Waals surface area contributed by atoms with Gasteiger partial charge in [-0.1, -0.05) is 32.0 Å². The average Bonchev–Trinajstić information content (AvgIpc) is 2.90. The predicted octanol–water partition coefficient (Wildman–Crippen LogP) is 3.17. The highest BCUT2D eigenvalue weighted by molar-refractivity contribution is 5.36. The van der Waals surface area contributed by atoms with E-state index >= 15 is 0 Å². The minimum atomic E-state index is 0.460. The molecule has 1 N–H and O–H groups in total. The van der Waals surface area contributed by atoms with Crippen LogP contribution in [0.25, 0.3) is 0 Å².